The zero-order valence-corrected chi connectivity index (χ0v) is 12.8. The summed E-state index contributed by atoms with van der Waals surface area (Å²) in [5.41, 5.74) is -1.32. The molecule has 7 nitrogen and oxygen atoms in total. The van der Waals surface area contributed by atoms with Gasteiger partial charge >= 0.3 is 8.25 Å². The van der Waals surface area contributed by atoms with E-state index < -0.39 is 19.5 Å². The van der Waals surface area contributed by atoms with Crippen LogP contribution in [0.25, 0.3) is 0 Å². The van der Waals surface area contributed by atoms with E-state index >= 15 is 0 Å². The molecule has 110 valence electrons. The van der Waals surface area contributed by atoms with Gasteiger partial charge in [-0.15, -0.1) is 5.06 Å². The lowest BCUT2D eigenvalue weighted by atomic mass is 10.1. The predicted octanol–water partition coefficient (Wildman–Crippen LogP) is 1.01. The van der Waals surface area contributed by atoms with Gasteiger partial charge < -0.3 is 13.9 Å². The van der Waals surface area contributed by atoms with E-state index in [0.29, 0.717) is 6.54 Å². The van der Waals surface area contributed by atoms with Gasteiger partial charge in [0.1, 0.15) is 11.2 Å². The molecule has 2 aliphatic heterocycles. The second-order valence-electron chi connectivity index (χ2n) is 5.58. The first kappa shape index (κ1) is 14.9. The highest BCUT2D eigenvalue weighted by Gasteiger charge is 2.57. The Bertz CT molecular complexity index is 399. The molecule has 0 aromatic rings. The number of nitrogens with zero attached hydrogens (tertiary/aromatic N) is 2. The van der Waals surface area contributed by atoms with Crippen LogP contribution in [0.2, 0.25) is 0 Å². The molecule has 2 fully saturated rings. The third-order valence-electron chi connectivity index (χ3n) is 3.49. The van der Waals surface area contributed by atoms with Crippen LogP contribution in [0.1, 0.15) is 27.7 Å². The van der Waals surface area contributed by atoms with E-state index in [1.165, 1.54) is 0 Å². The van der Waals surface area contributed by atoms with Gasteiger partial charge in [-0.05, 0) is 27.7 Å². The Balaban J connectivity index is 2.28. The molecule has 2 heterocycles. The summed E-state index contributed by atoms with van der Waals surface area (Å²) in [6, 6.07) is 0. The van der Waals surface area contributed by atoms with Crippen LogP contribution in [0.5, 0.6) is 0 Å². The van der Waals surface area contributed by atoms with Crippen molar-refractivity contribution in [2.75, 3.05) is 26.4 Å². The van der Waals surface area contributed by atoms with Gasteiger partial charge in [0.2, 0.25) is 5.91 Å². The fourth-order valence-corrected chi connectivity index (χ4v) is 3.26. The van der Waals surface area contributed by atoms with Crippen molar-refractivity contribution in [2.24, 2.45) is 0 Å². The summed E-state index contributed by atoms with van der Waals surface area (Å²) in [6.45, 7) is 8.44. The van der Waals surface area contributed by atoms with E-state index in [4.69, 9.17) is 13.9 Å². The van der Waals surface area contributed by atoms with Crippen molar-refractivity contribution < 1.29 is 23.2 Å². The van der Waals surface area contributed by atoms with Gasteiger partial charge in [0.05, 0.1) is 19.8 Å². The topological polar surface area (TPSA) is 68.3 Å². The molecule has 1 amide bonds. The molecule has 8 heteroatoms. The highest BCUT2D eigenvalue weighted by Crippen LogP contribution is 2.39. The summed E-state index contributed by atoms with van der Waals surface area (Å²) < 4.78 is 21.5. The van der Waals surface area contributed by atoms with E-state index in [2.05, 4.69) is 0 Å². The Kier molecular flexibility index (Phi) is 4.05. The van der Waals surface area contributed by atoms with Gasteiger partial charge in [0.15, 0.2) is 0 Å². The van der Waals surface area contributed by atoms with Gasteiger partial charge in [-0.3, -0.25) is 14.2 Å². The first-order valence-corrected chi connectivity index (χ1v) is 7.55. The molecular weight excluding hydrogens is 271 g/mol. The molecule has 2 bridgehead atoms. The maximum atomic E-state index is 12.5. The molecule has 2 aliphatic rings. The molecular formula is C11H21N2O5P. The van der Waals surface area contributed by atoms with Crippen LogP contribution in [0, 0.1) is 0 Å². The summed E-state index contributed by atoms with van der Waals surface area (Å²) in [5.74, 6) is -0.0257. The van der Waals surface area contributed by atoms with E-state index in [-0.39, 0.29) is 25.7 Å². The van der Waals surface area contributed by atoms with Gasteiger partial charge in [-0.25, -0.2) is 0 Å². The molecule has 0 N–H and O–H groups in total. The van der Waals surface area contributed by atoms with Gasteiger partial charge in [-0.1, -0.05) is 0 Å². The number of rotatable bonds is 0. The third kappa shape index (κ3) is 2.58. The molecule has 2 rings (SSSR count). The Morgan fingerprint density at radius 3 is 2.42 bits per heavy atom. The van der Waals surface area contributed by atoms with Crippen LogP contribution in [-0.4, -0.2) is 53.4 Å². The molecule has 0 aliphatic carbocycles. The standard InChI is InChI=1S/C11H21N2O5P/c1-10(2)9(14)12-5-6-17-19(15)18-8-7-16-13(10)11(12,3)4/h19H,5-8H2,1-4H3. The highest BCUT2D eigenvalue weighted by atomic mass is 31.1. The van der Waals surface area contributed by atoms with E-state index in [1.807, 2.05) is 27.7 Å². The highest BCUT2D eigenvalue weighted by molar-refractivity contribution is 7.33. The minimum Gasteiger partial charge on any atom is -0.319 e. The lowest BCUT2D eigenvalue weighted by molar-refractivity contribution is -0.255. The van der Waals surface area contributed by atoms with Crippen LogP contribution < -0.4 is 0 Å². The Labute approximate surface area is 113 Å². The lowest BCUT2D eigenvalue weighted by Crippen LogP contribution is -2.52. The zero-order chi connectivity index (χ0) is 14.3. The van der Waals surface area contributed by atoms with Crippen LogP contribution in [0.15, 0.2) is 0 Å². The fraction of sp³-hybridized carbons (Fsp3) is 0.909. The smallest absolute Gasteiger partial charge is 0.319 e. The number of hydrogen-bond acceptors (Lipinski definition) is 6. The van der Waals surface area contributed by atoms with Crippen LogP contribution in [0.4, 0.5) is 0 Å². The summed E-state index contributed by atoms with van der Waals surface area (Å²) in [4.78, 5) is 19.8. The lowest BCUT2D eigenvalue weighted by Gasteiger charge is -2.38. The molecule has 0 saturated carbocycles. The molecule has 2 atom stereocenters. The van der Waals surface area contributed by atoms with Gasteiger partial charge in [0, 0.05) is 6.54 Å². The first-order valence-electron chi connectivity index (χ1n) is 6.33. The maximum Gasteiger partial charge on any atom is 0.319 e. The number of hydrogen-bond donors (Lipinski definition) is 0. The number of amides is 1. The molecule has 0 aromatic carbocycles. The minimum absolute atomic E-state index is 0.0257. The third-order valence-corrected chi connectivity index (χ3v) is 4.37. The number of carbonyl (C=O) groups is 1. The quantitative estimate of drug-likeness (QED) is 0.621. The predicted molar refractivity (Wildman–Crippen MR) is 68.6 cm³/mol. The van der Waals surface area contributed by atoms with Gasteiger partial charge in [0.25, 0.3) is 0 Å². The van der Waals surface area contributed by atoms with Crippen molar-refractivity contribution in [3.63, 3.8) is 0 Å². The SMILES string of the molecule is CC1(C)C(=O)N2CCO[PH](=O)OCCON1C2(C)C. The van der Waals surface area contributed by atoms with Crippen LogP contribution in [-0.2, 0) is 23.2 Å². The second-order valence-corrected chi connectivity index (χ2v) is 6.66. The second kappa shape index (κ2) is 5.14. The summed E-state index contributed by atoms with van der Waals surface area (Å²) >= 11 is 0. The van der Waals surface area contributed by atoms with Crippen molar-refractivity contribution in [1.29, 1.82) is 0 Å². The molecule has 19 heavy (non-hydrogen) atoms. The largest absolute Gasteiger partial charge is 0.319 e. The molecule has 2 unspecified atom stereocenters. The van der Waals surface area contributed by atoms with Crippen molar-refractivity contribution in [2.45, 2.75) is 38.9 Å². The summed E-state index contributed by atoms with van der Waals surface area (Å²) in [6.07, 6.45) is 0. The number of carbonyl (C=O) groups excluding carboxylic acids is 1. The normalized spacial score (nSPS) is 34.9. The van der Waals surface area contributed by atoms with Crippen LogP contribution in [0.3, 0.4) is 0 Å². The number of hydroxylamine groups is 2. The Hall–Kier alpha value is -0.460. The van der Waals surface area contributed by atoms with E-state index in [0.717, 1.165) is 0 Å². The fourth-order valence-electron chi connectivity index (χ4n) is 2.67. The average molecular weight is 292 g/mol. The summed E-state index contributed by atoms with van der Waals surface area (Å²) in [7, 11) is -2.49. The Morgan fingerprint density at radius 1 is 1.11 bits per heavy atom. The van der Waals surface area contributed by atoms with Crippen LogP contribution >= 0.6 is 8.25 Å². The minimum atomic E-state index is -2.49. The molecule has 2 saturated heterocycles. The molecule has 0 radical (unpaired) electrons. The average Bonchev–Trinajstić information content (AvgIpc) is 2.42. The van der Waals surface area contributed by atoms with Gasteiger partial charge in [-0.2, -0.15) is 0 Å². The van der Waals surface area contributed by atoms with Crippen molar-refractivity contribution in [3.05, 3.63) is 0 Å². The van der Waals surface area contributed by atoms with Crippen molar-refractivity contribution in [1.82, 2.24) is 9.96 Å². The monoisotopic (exact) mass is 292 g/mol. The Morgan fingerprint density at radius 2 is 1.74 bits per heavy atom. The van der Waals surface area contributed by atoms with Crippen molar-refractivity contribution in [3.8, 4) is 0 Å². The summed E-state index contributed by atoms with van der Waals surface area (Å²) in [5, 5.41) is 1.69. The first-order chi connectivity index (χ1) is 8.78. The van der Waals surface area contributed by atoms with E-state index in [1.54, 1.807) is 9.96 Å². The van der Waals surface area contributed by atoms with Crippen molar-refractivity contribution >= 4 is 14.2 Å². The molecule has 0 spiro atoms. The van der Waals surface area contributed by atoms with E-state index in [9.17, 15) is 9.36 Å². The zero-order valence-electron chi connectivity index (χ0n) is 11.8. The number of fused-ring (bicyclic) bond motifs is 2. The molecule has 0 aromatic heterocycles. The maximum absolute atomic E-state index is 12.5.